The number of rotatable bonds is 7. The molecule has 0 spiro atoms. The third kappa shape index (κ3) is 4.93. The van der Waals surface area contributed by atoms with Crippen LogP contribution in [0, 0.1) is 0 Å². The van der Waals surface area contributed by atoms with Crippen molar-refractivity contribution in [2.24, 2.45) is 0 Å². The van der Waals surface area contributed by atoms with E-state index in [1.54, 1.807) is 31.5 Å². The molecule has 1 N–H and O–H groups in total. The Kier molecular flexibility index (Phi) is 6.37. The number of nitrogens with one attached hydrogen (secondary N) is 1. The molecule has 0 atom stereocenters. The summed E-state index contributed by atoms with van der Waals surface area (Å²) in [4.78, 5) is 16.5. The van der Waals surface area contributed by atoms with E-state index in [2.05, 4.69) is 36.3 Å². The molecular weight excluding hydrogens is 376 g/mol. The fourth-order valence-corrected chi connectivity index (χ4v) is 3.04. The number of carbonyl (C=O) groups is 1. The zero-order valence-corrected chi connectivity index (χ0v) is 16.9. The van der Waals surface area contributed by atoms with Crippen molar-refractivity contribution < 1.29 is 13.9 Å². The highest BCUT2D eigenvalue weighted by molar-refractivity contribution is 6.32. The van der Waals surface area contributed by atoms with Crippen LogP contribution in [0.5, 0.6) is 5.75 Å². The first-order chi connectivity index (χ1) is 13.5. The summed E-state index contributed by atoms with van der Waals surface area (Å²) in [6, 6.07) is 13.3. The van der Waals surface area contributed by atoms with Crippen LogP contribution in [0.3, 0.4) is 0 Å². The molecular formula is C22H23ClN2O3. The molecule has 1 heterocycles. The van der Waals surface area contributed by atoms with Gasteiger partial charge in [-0.25, -0.2) is 4.98 Å². The summed E-state index contributed by atoms with van der Waals surface area (Å²) in [7, 11) is 1.54. The van der Waals surface area contributed by atoms with Gasteiger partial charge < -0.3 is 14.5 Å². The second-order valence-electron chi connectivity index (χ2n) is 6.79. The number of oxazole rings is 1. The minimum Gasteiger partial charge on any atom is -0.495 e. The van der Waals surface area contributed by atoms with Gasteiger partial charge in [0.1, 0.15) is 5.75 Å². The highest BCUT2D eigenvalue weighted by Gasteiger charge is 2.11. The molecule has 28 heavy (non-hydrogen) atoms. The van der Waals surface area contributed by atoms with Crippen molar-refractivity contribution in [3.8, 4) is 17.1 Å². The fraction of sp³-hybridized carbons (Fsp3) is 0.273. The Hall–Kier alpha value is -2.79. The van der Waals surface area contributed by atoms with Gasteiger partial charge in [-0.2, -0.15) is 0 Å². The van der Waals surface area contributed by atoms with Crippen LogP contribution in [0.2, 0.25) is 5.02 Å². The van der Waals surface area contributed by atoms with E-state index in [1.165, 1.54) is 5.56 Å². The molecule has 5 nitrogen and oxygen atoms in total. The second-order valence-corrected chi connectivity index (χ2v) is 7.20. The highest BCUT2D eigenvalue weighted by Crippen LogP contribution is 2.27. The van der Waals surface area contributed by atoms with E-state index < -0.39 is 0 Å². The van der Waals surface area contributed by atoms with Crippen LogP contribution in [0.4, 0.5) is 5.69 Å². The number of aromatic nitrogens is 1. The maximum absolute atomic E-state index is 12.2. The number of carbonyl (C=O) groups excluding carboxylic acids is 1. The monoisotopic (exact) mass is 398 g/mol. The smallest absolute Gasteiger partial charge is 0.224 e. The van der Waals surface area contributed by atoms with Crippen molar-refractivity contribution in [2.75, 3.05) is 12.4 Å². The van der Waals surface area contributed by atoms with E-state index in [0.29, 0.717) is 40.4 Å². The van der Waals surface area contributed by atoms with Gasteiger partial charge in [-0.15, -0.1) is 0 Å². The average molecular weight is 399 g/mol. The van der Waals surface area contributed by atoms with E-state index in [-0.39, 0.29) is 12.3 Å². The molecule has 3 aromatic rings. The van der Waals surface area contributed by atoms with Gasteiger partial charge in [-0.05, 0) is 29.7 Å². The predicted octanol–water partition coefficient (Wildman–Crippen LogP) is 5.70. The van der Waals surface area contributed by atoms with Crippen LogP contribution >= 0.6 is 11.6 Å². The van der Waals surface area contributed by atoms with Gasteiger partial charge in [-0.1, -0.05) is 49.7 Å². The van der Waals surface area contributed by atoms with Gasteiger partial charge in [0.15, 0.2) is 11.7 Å². The van der Waals surface area contributed by atoms with Gasteiger partial charge in [0, 0.05) is 24.1 Å². The van der Waals surface area contributed by atoms with Crippen molar-refractivity contribution in [2.45, 2.75) is 32.6 Å². The Morgan fingerprint density at radius 1 is 1.21 bits per heavy atom. The van der Waals surface area contributed by atoms with Crippen LogP contribution in [0.15, 0.2) is 53.1 Å². The lowest BCUT2D eigenvalue weighted by molar-refractivity contribution is -0.116. The first kappa shape index (κ1) is 20.0. The molecule has 146 valence electrons. The molecule has 0 saturated heterocycles. The minimum absolute atomic E-state index is 0.137. The topological polar surface area (TPSA) is 64.4 Å². The maximum Gasteiger partial charge on any atom is 0.224 e. The zero-order chi connectivity index (χ0) is 20.1. The van der Waals surface area contributed by atoms with E-state index >= 15 is 0 Å². The molecule has 0 aliphatic rings. The molecule has 2 aromatic carbocycles. The summed E-state index contributed by atoms with van der Waals surface area (Å²) in [6.07, 6.45) is 2.37. The van der Waals surface area contributed by atoms with Crippen molar-refractivity contribution in [1.29, 1.82) is 0 Å². The summed E-state index contributed by atoms with van der Waals surface area (Å²) >= 11 is 6.07. The number of methoxy groups -OCH3 is 1. The Morgan fingerprint density at radius 2 is 1.96 bits per heavy atom. The Bertz CT molecular complexity index is 949. The number of benzene rings is 2. The van der Waals surface area contributed by atoms with Crippen LogP contribution in [-0.2, 0) is 11.2 Å². The Morgan fingerprint density at radius 3 is 2.61 bits per heavy atom. The van der Waals surface area contributed by atoms with Crippen molar-refractivity contribution in [3.05, 3.63) is 65.1 Å². The van der Waals surface area contributed by atoms with E-state index in [1.807, 2.05) is 12.1 Å². The van der Waals surface area contributed by atoms with Crippen LogP contribution < -0.4 is 10.1 Å². The normalized spacial score (nSPS) is 10.9. The summed E-state index contributed by atoms with van der Waals surface area (Å²) in [5.41, 5.74) is 2.87. The molecule has 0 unspecified atom stereocenters. The summed E-state index contributed by atoms with van der Waals surface area (Å²) in [6.45, 7) is 4.32. The number of halogens is 1. The minimum atomic E-state index is -0.137. The standard InChI is InChI=1S/C22H23ClN2O3/c1-14(2)15-4-6-16(7-5-15)20-13-24-22(28-20)11-10-21(26)25-17-8-9-19(27-3)18(23)12-17/h4-9,12-14H,10-11H2,1-3H3,(H,25,26). The number of aryl methyl sites for hydroxylation is 1. The van der Waals surface area contributed by atoms with Gasteiger partial charge in [0.05, 0.1) is 18.3 Å². The molecule has 1 amide bonds. The molecule has 0 fully saturated rings. The first-order valence-corrected chi connectivity index (χ1v) is 9.52. The SMILES string of the molecule is COc1ccc(NC(=O)CCc2ncc(-c3ccc(C(C)C)cc3)o2)cc1Cl. The van der Waals surface area contributed by atoms with Crippen LogP contribution in [0.25, 0.3) is 11.3 Å². The zero-order valence-electron chi connectivity index (χ0n) is 16.2. The summed E-state index contributed by atoms with van der Waals surface area (Å²) < 4.78 is 10.9. The maximum atomic E-state index is 12.2. The molecule has 0 radical (unpaired) electrons. The number of hydrogen-bond donors (Lipinski definition) is 1. The van der Waals surface area contributed by atoms with Gasteiger partial charge in [0.2, 0.25) is 5.91 Å². The lowest BCUT2D eigenvalue weighted by Crippen LogP contribution is -2.12. The molecule has 0 bridgehead atoms. The third-order valence-corrected chi connectivity index (χ3v) is 4.71. The van der Waals surface area contributed by atoms with E-state index in [4.69, 9.17) is 20.8 Å². The van der Waals surface area contributed by atoms with Crippen molar-refractivity contribution >= 4 is 23.2 Å². The lowest BCUT2D eigenvalue weighted by Gasteiger charge is -2.07. The predicted molar refractivity (Wildman–Crippen MR) is 111 cm³/mol. The number of ether oxygens (including phenoxy) is 1. The largest absolute Gasteiger partial charge is 0.495 e. The molecule has 0 saturated carbocycles. The summed E-state index contributed by atoms with van der Waals surface area (Å²) in [5.74, 6) is 2.15. The molecule has 0 aliphatic carbocycles. The van der Waals surface area contributed by atoms with Gasteiger partial charge in [0.25, 0.3) is 0 Å². The average Bonchev–Trinajstić information content (AvgIpc) is 3.16. The quantitative estimate of drug-likeness (QED) is 0.554. The first-order valence-electron chi connectivity index (χ1n) is 9.14. The Labute approximate surface area is 169 Å². The van der Waals surface area contributed by atoms with Crippen molar-refractivity contribution in [3.63, 3.8) is 0 Å². The number of hydrogen-bond acceptors (Lipinski definition) is 4. The van der Waals surface area contributed by atoms with Crippen LogP contribution in [0.1, 0.15) is 37.6 Å². The number of nitrogens with zero attached hydrogens (tertiary/aromatic N) is 1. The Balaban J connectivity index is 1.56. The lowest BCUT2D eigenvalue weighted by atomic mass is 10.0. The van der Waals surface area contributed by atoms with Gasteiger partial charge in [-0.3, -0.25) is 4.79 Å². The highest BCUT2D eigenvalue weighted by atomic mass is 35.5. The molecule has 3 rings (SSSR count). The van der Waals surface area contributed by atoms with E-state index in [9.17, 15) is 4.79 Å². The van der Waals surface area contributed by atoms with E-state index in [0.717, 1.165) is 5.56 Å². The molecule has 0 aliphatic heterocycles. The van der Waals surface area contributed by atoms with Crippen LogP contribution in [-0.4, -0.2) is 18.0 Å². The number of anilines is 1. The fourth-order valence-electron chi connectivity index (χ4n) is 2.78. The summed E-state index contributed by atoms with van der Waals surface area (Å²) in [5, 5.41) is 3.26. The third-order valence-electron chi connectivity index (χ3n) is 4.42. The molecule has 6 heteroatoms. The second kappa shape index (κ2) is 8.93. The molecule has 1 aromatic heterocycles. The van der Waals surface area contributed by atoms with Crippen molar-refractivity contribution in [1.82, 2.24) is 4.98 Å². The van der Waals surface area contributed by atoms with Gasteiger partial charge >= 0.3 is 0 Å². The number of amides is 1.